The second-order valence-electron chi connectivity index (χ2n) is 4.74. The molecule has 0 aliphatic carbocycles. The minimum absolute atomic E-state index is 0.117. The molecule has 6 heteroatoms. The van der Waals surface area contributed by atoms with Gasteiger partial charge in [-0.2, -0.15) is 0 Å². The normalized spacial score (nSPS) is 10.5. The lowest BCUT2D eigenvalue weighted by Gasteiger charge is -2.07. The highest BCUT2D eigenvalue weighted by atomic mass is 16.3. The van der Waals surface area contributed by atoms with Gasteiger partial charge in [0, 0.05) is 24.2 Å². The fourth-order valence-corrected chi connectivity index (χ4v) is 2.07. The van der Waals surface area contributed by atoms with E-state index >= 15 is 0 Å². The van der Waals surface area contributed by atoms with Gasteiger partial charge < -0.3 is 20.8 Å². The number of hydrogen-bond donors (Lipinski definition) is 4. The second-order valence-corrected chi connectivity index (χ2v) is 4.74. The van der Waals surface area contributed by atoms with Crippen molar-refractivity contribution in [2.75, 3.05) is 26.3 Å². The molecule has 0 radical (unpaired) electrons. The fraction of sp³-hybridized carbons (Fsp3) is 0.250. The summed E-state index contributed by atoms with van der Waals surface area (Å²) in [4.78, 5) is 23.8. The molecule has 0 unspecified atom stereocenters. The molecule has 2 aromatic carbocycles. The third-order valence-electron chi connectivity index (χ3n) is 3.16. The summed E-state index contributed by atoms with van der Waals surface area (Å²) in [6.45, 7) is 0.157. The summed E-state index contributed by atoms with van der Waals surface area (Å²) in [5, 5.41) is 24.3. The number of aliphatic hydroxyl groups excluding tert-OH is 2. The number of amides is 2. The Hall–Kier alpha value is -2.44. The van der Waals surface area contributed by atoms with Crippen molar-refractivity contribution in [2.24, 2.45) is 0 Å². The van der Waals surface area contributed by atoms with Gasteiger partial charge in [-0.25, -0.2) is 0 Å². The molecule has 2 rings (SSSR count). The van der Waals surface area contributed by atoms with Crippen LogP contribution in [0.5, 0.6) is 0 Å². The van der Waals surface area contributed by atoms with Crippen molar-refractivity contribution in [3.05, 3.63) is 47.5 Å². The van der Waals surface area contributed by atoms with Crippen molar-refractivity contribution in [1.29, 1.82) is 0 Å². The highest BCUT2D eigenvalue weighted by molar-refractivity contribution is 6.02. The van der Waals surface area contributed by atoms with Crippen molar-refractivity contribution in [1.82, 2.24) is 10.6 Å². The lowest BCUT2D eigenvalue weighted by atomic mass is 10.0. The minimum atomic E-state index is -0.272. The molecule has 4 N–H and O–H groups in total. The monoisotopic (exact) mass is 302 g/mol. The van der Waals surface area contributed by atoms with Crippen LogP contribution in [0.3, 0.4) is 0 Å². The zero-order valence-corrected chi connectivity index (χ0v) is 12.0. The highest BCUT2D eigenvalue weighted by Gasteiger charge is 2.08. The first-order valence-corrected chi connectivity index (χ1v) is 6.97. The Morgan fingerprint density at radius 1 is 0.773 bits per heavy atom. The summed E-state index contributed by atoms with van der Waals surface area (Å²) in [5.41, 5.74) is 0.933. The first kappa shape index (κ1) is 15.9. The lowest BCUT2D eigenvalue weighted by Crippen LogP contribution is -2.26. The molecule has 6 nitrogen and oxygen atoms in total. The van der Waals surface area contributed by atoms with Crippen molar-refractivity contribution in [2.45, 2.75) is 0 Å². The van der Waals surface area contributed by atoms with E-state index in [4.69, 9.17) is 10.2 Å². The van der Waals surface area contributed by atoms with Gasteiger partial charge in [-0.05, 0) is 35.0 Å². The fourth-order valence-electron chi connectivity index (χ4n) is 2.07. The number of benzene rings is 2. The number of fused-ring (bicyclic) bond motifs is 1. The van der Waals surface area contributed by atoms with Crippen molar-refractivity contribution in [3.63, 3.8) is 0 Å². The van der Waals surface area contributed by atoms with Gasteiger partial charge in [-0.3, -0.25) is 9.59 Å². The van der Waals surface area contributed by atoms with Gasteiger partial charge in [-0.1, -0.05) is 12.1 Å². The molecule has 0 spiro atoms. The maximum absolute atomic E-state index is 11.9. The van der Waals surface area contributed by atoms with E-state index in [1.807, 2.05) is 0 Å². The molecule has 0 aliphatic heterocycles. The van der Waals surface area contributed by atoms with Crippen LogP contribution in [0.25, 0.3) is 10.8 Å². The smallest absolute Gasteiger partial charge is 0.251 e. The maximum Gasteiger partial charge on any atom is 0.251 e. The standard InChI is InChI=1S/C16H18N2O4/c19-7-5-17-15(21)12-3-1-11-2-4-13(10-14(11)9-12)16(22)18-6-8-20/h1-4,9-10,19-20H,5-8H2,(H,17,21)(H,18,22). The van der Waals surface area contributed by atoms with Crippen LogP contribution < -0.4 is 10.6 Å². The molecule has 116 valence electrons. The number of carbonyl (C=O) groups excluding carboxylic acids is 2. The Morgan fingerprint density at radius 2 is 1.23 bits per heavy atom. The SMILES string of the molecule is O=C(NCCO)c1ccc2ccc(C(=O)NCCO)cc2c1. The van der Waals surface area contributed by atoms with Crippen LogP contribution in [0.15, 0.2) is 36.4 Å². The number of rotatable bonds is 6. The van der Waals surface area contributed by atoms with E-state index in [1.165, 1.54) is 0 Å². The van der Waals surface area contributed by atoms with Crippen LogP contribution in [-0.2, 0) is 0 Å². The van der Waals surface area contributed by atoms with Gasteiger partial charge in [0.05, 0.1) is 13.2 Å². The zero-order chi connectivity index (χ0) is 15.9. The van der Waals surface area contributed by atoms with Gasteiger partial charge >= 0.3 is 0 Å². The molecule has 0 aromatic heterocycles. The maximum atomic E-state index is 11.9. The van der Waals surface area contributed by atoms with E-state index in [0.717, 1.165) is 10.8 Å². The van der Waals surface area contributed by atoms with Crippen LogP contribution in [0, 0.1) is 0 Å². The van der Waals surface area contributed by atoms with Gasteiger partial charge in [0.1, 0.15) is 0 Å². The molecule has 0 aliphatic rings. The molecule has 0 atom stereocenters. The largest absolute Gasteiger partial charge is 0.395 e. The Balaban J connectivity index is 2.26. The van der Waals surface area contributed by atoms with E-state index < -0.39 is 0 Å². The summed E-state index contributed by atoms with van der Waals surface area (Å²) >= 11 is 0. The van der Waals surface area contributed by atoms with Crippen molar-refractivity contribution >= 4 is 22.6 Å². The predicted molar refractivity (Wildman–Crippen MR) is 82.8 cm³/mol. The molecule has 0 bridgehead atoms. The first-order chi connectivity index (χ1) is 10.7. The quantitative estimate of drug-likeness (QED) is 0.616. The molecule has 0 saturated heterocycles. The topological polar surface area (TPSA) is 98.7 Å². The first-order valence-electron chi connectivity index (χ1n) is 6.97. The van der Waals surface area contributed by atoms with Crippen LogP contribution >= 0.6 is 0 Å². The summed E-state index contributed by atoms with van der Waals surface area (Å²) in [5.74, 6) is -0.544. The van der Waals surface area contributed by atoms with Gasteiger partial charge in [0.15, 0.2) is 0 Å². The number of hydrogen-bond acceptors (Lipinski definition) is 4. The van der Waals surface area contributed by atoms with E-state index in [9.17, 15) is 9.59 Å². The average Bonchev–Trinajstić information content (AvgIpc) is 2.56. The van der Waals surface area contributed by atoms with Crippen molar-refractivity contribution in [3.8, 4) is 0 Å². The Labute approximate surface area is 127 Å². The third-order valence-corrected chi connectivity index (χ3v) is 3.16. The van der Waals surface area contributed by atoms with Gasteiger partial charge in [0.2, 0.25) is 0 Å². The van der Waals surface area contributed by atoms with Crippen LogP contribution in [0.1, 0.15) is 20.7 Å². The van der Waals surface area contributed by atoms with E-state index in [1.54, 1.807) is 36.4 Å². The highest BCUT2D eigenvalue weighted by Crippen LogP contribution is 2.18. The number of carbonyl (C=O) groups is 2. The van der Waals surface area contributed by atoms with Crippen molar-refractivity contribution < 1.29 is 19.8 Å². The molecule has 2 aromatic rings. The van der Waals surface area contributed by atoms with Crippen LogP contribution in [0.2, 0.25) is 0 Å². The molecule has 0 saturated carbocycles. The van der Waals surface area contributed by atoms with Crippen LogP contribution in [-0.4, -0.2) is 48.3 Å². The van der Waals surface area contributed by atoms with Gasteiger partial charge in [0.25, 0.3) is 11.8 Å². The van der Waals surface area contributed by atoms with E-state index in [2.05, 4.69) is 10.6 Å². The Kier molecular flexibility index (Phi) is 5.46. The molecule has 0 heterocycles. The molecule has 0 fully saturated rings. The van der Waals surface area contributed by atoms with E-state index in [0.29, 0.717) is 11.1 Å². The summed E-state index contributed by atoms with van der Waals surface area (Å²) in [6.07, 6.45) is 0. The predicted octanol–water partition coefficient (Wildman–Crippen LogP) is 0.284. The van der Waals surface area contributed by atoms with E-state index in [-0.39, 0.29) is 38.1 Å². The minimum Gasteiger partial charge on any atom is -0.395 e. The summed E-state index contributed by atoms with van der Waals surface area (Å²) in [7, 11) is 0. The Bertz CT molecular complexity index is 630. The number of aliphatic hydroxyl groups is 2. The average molecular weight is 302 g/mol. The zero-order valence-electron chi connectivity index (χ0n) is 12.0. The van der Waals surface area contributed by atoms with Gasteiger partial charge in [-0.15, -0.1) is 0 Å². The third kappa shape index (κ3) is 3.81. The number of nitrogens with one attached hydrogen (secondary N) is 2. The van der Waals surface area contributed by atoms with Crippen LogP contribution in [0.4, 0.5) is 0 Å². The molecular weight excluding hydrogens is 284 g/mol. The lowest BCUT2D eigenvalue weighted by molar-refractivity contribution is 0.0938. The summed E-state index contributed by atoms with van der Waals surface area (Å²) in [6, 6.07) is 10.4. The molecule has 2 amide bonds. The second kappa shape index (κ2) is 7.53. The Morgan fingerprint density at radius 3 is 1.64 bits per heavy atom. The molecular formula is C16H18N2O4. The molecule has 22 heavy (non-hydrogen) atoms. The summed E-state index contributed by atoms with van der Waals surface area (Å²) < 4.78 is 0.